The average Bonchev–Trinajstić information content (AvgIpc) is 2.78. The van der Waals surface area contributed by atoms with Crippen LogP contribution in [0.5, 0.6) is 0 Å². The summed E-state index contributed by atoms with van der Waals surface area (Å²) < 4.78 is 36.9. The highest BCUT2D eigenvalue weighted by Gasteiger charge is 2.51. The minimum atomic E-state index is -3.47. The molecular weight excluding hydrogens is 359 g/mol. The van der Waals surface area contributed by atoms with E-state index in [9.17, 15) is 9.67 Å². The van der Waals surface area contributed by atoms with Crippen LogP contribution in [0.25, 0.3) is 0 Å². The van der Waals surface area contributed by atoms with Crippen molar-refractivity contribution in [1.82, 2.24) is 0 Å². The smallest absolute Gasteiger partial charge is 0.359 e. The van der Waals surface area contributed by atoms with E-state index in [0.29, 0.717) is 6.42 Å². The van der Waals surface area contributed by atoms with Crippen molar-refractivity contribution >= 4 is 15.9 Å². The van der Waals surface area contributed by atoms with Crippen LogP contribution in [-0.4, -0.2) is 50.3 Å². The van der Waals surface area contributed by atoms with E-state index in [4.69, 9.17) is 18.2 Å². The van der Waals surface area contributed by atoms with Crippen molar-refractivity contribution in [2.75, 3.05) is 6.61 Å². The molecule has 8 heteroatoms. The van der Waals surface area contributed by atoms with Crippen molar-refractivity contribution in [2.45, 2.75) is 103 Å². The van der Waals surface area contributed by atoms with E-state index >= 15 is 0 Å². The van der Waals surface area contributed by atoms with Gasteiger partial charge in [0.1, 0.15) is 6.10 Å². The van der Waals surface area contributed by atoms with E-state index in [1.54, 1.807) is 0 Å². The van der Waals surface area contributed by atoms with Crippen molar-refractivity contribution in [3.8, 4) is 0 Å². The molecule has 1 rings (SSSR count). The fraction of sp³-hybridized carbons (Fsp3) is 1.00. The van der Waals surface area contributed by atoms with E-state index < -0.39 is 27.9 Å². The second kappa shape index (κ2) is 8.51. The molecule has 1 aliphatic rings. The number of hydrogen-bond acceptors (Lipinski definition) is 6. The monoisotopic (exact) mass is 396 g/mol. The van der Waals surface area contributed by atoms with Gasteiger partial charge in [0, 0.05) is 6.42 Å². The summed E-state index contributed by atoms with van der Waals surface area (Å²) in [7, 11) is -5.51. The summed E-state index contributed by atoms with van der Waals surface area (Å²) >= 11 is 0. The molecule has 0 aromatic carbocycles. The normalized spacial score (nSPS) is 26.0. The lowest BCUT2D eigenvalue weighted by Crippen LogP contribution is -2.46. The maximum atomic E-state index is 13.3. The largest absolute Gasteiger partial charge is 0.411 e. The molecule has 0 aliphatic carbocycles. The highest BCUT2D eigenvalue weighted by Crippen LogP contribution is 2.59. The lowest BCUT2D eigenvalue weighted by atomic mass is 10.2. The molecule has 1 N–H and O–H groups in total. The Labute approximate surface area is 154 Å². The van der Waals surface area contributed by atoms with Gasteiger partial charge in [0.15, 0.2) is 14.2 Å². The van der Waals surface area contributed by atoms with Crippen LogP contribution in [0.4, 0.5) is 0 Å². The predicted octanol–water partition coefficient (Wildman–Crippen LogP) is 4.53. The summed E-state index contributed by atoms with van der Waals surface area (Å²) in [4.78, 5) is 0. The molecular formula is C17H37O6PSi. The molecule has 0 unspecified atom stereocenters. The fourth-order valence-electron chi connectivity index (χ4n) is 2.49. The van der Waals surface area contributed by atoms with Gasteiger partial charge in [0.05, 0.1) is 24.9 Å². The van der Waals surface area contributed by atoms with Crippen LogP contribution in [-0.2, 0) is 22.8 Å². The molecule has 0 saturated carbocycles. The molecule has 25 heavy (non-hydrogen) atoms. The third-order valence-corrected chi connectivity index (χ3v) is 11.7. The summed E-state index contributed by atoms with van der Waals surface area (Å²) in [6.45, 7) is 17.9. The highest BCUT2D eigenvalue weighted by atomic mass is 31.2. The number of hydrogen-bond donors (Lipinski definition) is 1. The lowest BCUT2D eigenvalue weighted by molar-refractivity contribution is -0.0109. The summed E-state index contributed by atoms with van der Waals surface area (Å²) in [6.07, 6.45) is -0.925. The Bertz CT molecular complexity index is 460. The van der Waals surface area contributed by atoms with Gasteiger partial charge in [-0.2, -0.15) is 0 Å². The molecule has 150 valence electrons. The topological polar surface area (TPSA) is 74.2 Å². The zero-order valence-corrected chi connectivity index (χ0v) is 19.1. The summed E-state index contributed by atoms with van der Waals surface area (Å²) in [6, 6.07) is 0. The van der Waals surface area contributed by atoms with Gasteiger partial charge in [-0.15, -0.1) is 0 Å². The first-order valence-electron chi connectivity index (χ1n) is 9.12. The van der Waals surface area contributed by atoms with Gasteiger partial charge in [-0.3, -0.25) is 4.57 Å². The van der Waals surface area contributed by atoms with Crippen LogP contribution in [0.3, 0.4) is 0 Å². The standard InChI is InChI=1S/C17H37O6PSi/c1-12(2)21-24(19,22-13(3)4)16-10-14(15(11-18)20-16)23-25(8,9)17(5,6)7/h12-16,18H,10-11H2,1-9H3/t14-,15+,16-/m0/s1. The Morgan fingerprint density at radius 3 is 2.00 bits per heavy atom. The van der Waals surface area contributed by atoms with Crippen LogP contribution < -0.4 is 0 Å². The van der Waals surface area contributed by atoms with Gasteiger partial charge in [-0.25, -0.2) is 0 Å². The average molecular weight is 397 g/mol. The first kappa shape index (κ1) is 23.3. The Morgan fingerprint density at radius 2 is 1.64 bits per heavy atom. The molecule has 6 nitrogen and oxygen atoms in total. The van der Waals surface area contributed by atoms with Gasteiger partial charge in [0.2, 0.25) is 0 Å². The number of rotatable bonds is 8. The minimum absolute atomic E-state index is 0.0393. The maximum absolute atomic E-state index is 13.3. The van der Waals surface area contributed by atoms with E-state index in [1.807, 2.05) is 27.7 Å². The zero-order chi connectivity index (χ0) is 19.6. The molecule has 3 atom stereocenters. The zero-order valence-electron chi connectivity index (χ0n) is 17.2. The SMILES string of the molecule is CC(C)OP(=O)(OC(C)C)[C@H]1C[C@H](O[Si](C)(C)C(C)(C)C)[C@@H](CO)O1. The number of aliphatic hydroxyl groups is 1. The van der Waals surface area contributed by atoms with Crippen molar-refractivity contribution < 1.29 is 27.9 Å². The first-order valence-corrected chi connectivity index (χ1v) is 13.6. The van der Waals surface area contributed by atoms with Crippen LogP contribution in [0.1, 0.15) is 54.9 Å². The van der Waals surface area contributed by atoms with Crippen molar-refractivity contribution in [3.05, 3.63) is 0 Å². The molecule has 1 heterocycles. The number of ether oxygens (including phenoxy) is 1. The third kappa shape index (κ3) is 6.13. The molecule has 0 aromatic rings. The molecule has 1 aliphatic heterocycles. The van der Waals surface area contributed by atoms with E-state index in [1.165, 1.54) is 0 Å². The maximum Gasteiger partial charge on any atom is 0.359 e. The number of aliphatic hydroxyl groups excluding tert-OH is 1. The van der Waals surface area contributed by atoms with Gasteiger partial charge >= 0.3 is 7.60 Å². The molecule has 1 saturated heterocycles. The third-order valence-electron chi connectivity index (χ3n) is 4.68. The molecule has 0 aromatic heterocycles. The molecule has 1 fully saturated rings. The lowest BCUT2D eigenvalue weighted by Gasteiger charge is -2.39. The van der Waals surface area contributed by atoms with Gasteiger partial charge in [-0.1, -0.05) is 20.8 Å². The minimum Gasteiger partial charge on any atom is -0.411 e. The van der Waals surface area contributed by atoms with Crippen LogP contribution in [0.2, 0.25) is 18.1 Å². The summed E-state index contributed by atoms with van der Waals surface area (Å²) in [5.41, 5.74) is 0. The van der Waals surface area contributed by atoms with Gasteiger partial charge in [-0.05, 0) is 45.8 Å². The van der Waals surface area contributed by atoms with Gasteiger partial charge < -0.3 is 23.3 Å². The molecule has 0 spiro atoms. The summed E-state index contributed by atoms with van der Waals surface area (Å²) in [5, 5.41) is 9.76. The fourth-order valence-corrected chi connectivity index (χ4v) is 6.11. The quantitative estimate of drug-likeness (QED) is 0.480. The predicted molar refractivity (Wildman–Crippen MR) is 102 cm³/mol. The van der Waals surface area contributed by atoms with Crippen LogP contribution in [0.15, 0.2) is 0 Å². The van der Waals surface area contributed by atoms with Crippen molar-refractivity contribution in [2.24, 2.45) is 0 Å². The molecule has 0 bridgehead atoms. The Hall–Kier alpha value is 0.247. The van der Waals surface area contributed by atoms with Crippen LogP contribution >= 0.6 is 7.60 Å². The molecule has 0 radical (unpaired) electrons. The first-order chi connectivity index (χ1) is 11.2. The second-order valence-electron chi connectivity index (χ2n) is 8.81. The Balaban J connectivity index is 2.99. The van der Waals surface area contributed by atoms with Gasteiger partial charge in [0.25, 0.3) is 0 Å². The van der Waals surface area contributed by atoms with Crippen LogP contribution in [0, 0.1) is 0 Å². The van der Waals surface area contributed by atoms with Crippen molar-refractivity contribution in [1.29, 1.82) is 0 Å². The Morgan fingerprint density at radius 1 is 1.16 bits per heavy atom. The second-order valence-corrected chi connectivity index (χ2v) is 15.6. The van der Waals surface area contributed by atoms with E-state index in [2.05, 4.69) is 33.9 Å². The van der Waals surface area contributed by atoms with Crippen molar-refractivity contribution in [3.63, 3.8) is 0 Å². The van der Waals surface area contributed by atoms with E-state index in [-0.39, 0.29) is 30.0 Å². The highest BCUT2D eigenvalue weighted by molar-refractivity contribution is 7.54. The Kier molecular flexibility index (Phi) is 7.92. The molecule has 0 amide bonds. The van der Waals surface area contributed by atoms with E-state index in [0.717, 1.165) is 0 Å². The summed E-state index contributed by atoms with van der Waals surface area (Å²) in [5.74, 6) is -0.718.